The predicted octanol–water partition coefficient (Wildman–Crippen LogP) is 2.83. The number of rotatable bonds is 2. The molecule has 1 aromatic rings. The highest BCUT2D eigenvalue weighted by molar-refractivity contribution is 7.16. The van der Waals surface area contributed by atoms with Crippen LogP contribution in [0.15, 0.2) is 0 Å². The summed E-state index contributed by atoms with van der Waals surface area (Å²) in [5.74, 6) is -0.121. The first-order valence-corrected chi connectivity index (χ1v) is 9.64. The van der Waals surface area contributed by atoms with Gasteiger partial charge in [0, 0.05) is 38.0 Å². The minimum absolute atomic E-state index is 0.00319. The van der Waals surface area contributed by atoms with Gasteiger partial charge in [-0.25, -0.2) is 4.79 Å². The number of hydrogen-bond acceptors (Lipinski definition) is 4. The van der Waals surface area contributed by atoms with Gasteiger partial charge < -0.3 is 15.1 Å². The Morgan fingerprint density at radius 2 is 1.92 bits per heavy atom. The number of piperidine rings is 1. The molecule has 0 aromatic carbocycles. The molecule has 3 amide bonds. The normalized spacial score (nSPS) is 17.6. The predicted molar refractivity (Wildman–Crippen MR) is 97.7 cm³/mol. The van der Waals surface area contributed by atoms with E-state index in [4.69, 9.17) is 0 Å². The fourth-order valence-corrected chi connectivity index (χ4v) is 4.84. The summed E-state index contributed by atoms with van der Waals surface area (Å²) < 4.78 is 0. The van der Waals surface area contributed by atoms with Crippen LogP contribution in [0.4, 0.5) is 9.80 Å². The van der Waals surface area contributed by atoms with Crippen molar-refractivity contribution in [1.82, 2.24) is 9.80 Å². The Morgan fingerprint density at radius 1 is 1.24 bits per heavy atom. The second kappa shape index (κ2) is 7.44. The van der Waals surface area contributed by atoms with E-state index in [1.165, 1.54) is 4.88 Å². The van der Waals surface area contributed by atoms with Crippen molar-refractivity contribution in [1.29, 1.82) is 5.26 Å². The van der Waals surface area contributed by atoms with E-state index in [0.717, 1.165) is 31.2 Å². The van der Waals surface area contributed by atoms with Crippen LogP contribution in [0.25, 0.3) is 0 Å². The molecule has 2 aliphatic rings. The Hall–Kier alpha value is -2.07. The lowest BCUT2D eigenvalue weighted by Crippen LogP contribution is -2.45. The molecule has 1 aromatic heterocycles. The molecule has 2 heterocycles. The molecular weight excluding hydrogens is 336 g/mol. The molecule has 1 aliphatic carbocycles. The van der Waals surface area contributed by atoms with Gasteiger partial charge in [0.2, 0.25) is 5.91 Å². The number of likely N-dealkylation sites (tertiary alicyclic amines) is 1. The summed E-state index contributed by atoms with van der Waals surface area (Å²) in [6.07, 6.45) is 5.55. The van der Waals surface area contributed by atoms with Crippen molar-refractivity contribution in [3.05, 3.63) is 16.0 Å². The first kappa shape index (κ1) is 17.7. The molecule has 0 radical (unpaired) electrons. The number of hydrogen-bond donors (Lipinski definition) is 1. The largest absolute Gasteiger partial charge is 0.331 e. The highest BCUT2D eigenvalue weighted by Gasteiger charge is 2.29. The van der Waals surface area contributed by atoms with Crippen molar-refractivity contribution in [2.24, 2.45) is 5.92 Å². The highest BCUT2D eigenvalue weighted by Crippen LogP contribution is 2.38. The average Bonchev–Trinajstić information content (AvgIpc) is 2.98. The lowest BCUT2D eigenvalue weighted by molar-refractivity contribution is -0.121. The number of anilines is 1. The van der Waals surface area contributed by atoms with Gasteiger partial charge in [-0.15, -0.1) is 11.3 Å². The van der Waals surface area contributed by atoms with E-state index in [-0.39, 0.29) is 17.9 Å². The number of urea groups is 1. The Bertz CT molecular complexity index is 711. The van der Waals surface area contributed by atoms with Crippen molar-refractivity contribution in [3.8, 4) is 6.07 Å². The minimum Gasteiger partial charge on any atom is -0.331 e. The third-order valence-corrected chi connectivity index (χ3v) is 6.25. The van der Waals surface area contributed by atoms with Gasteiger partial charge in [0.1, 0.15) is 11.1 Å². The Morgan fingerprint density at radius 3 is 2.56 bits per heavy atom. The summed E-state index contributed by atoms with van der Waals surface area (Å²) in [5, 5.41) is 13.2. The fraction of sp³-hybridized carbons (Fsp3) is 0.611. The van der Waals surface area contributed by atoms with Crippen molar-refractivity contribution in [2.45, 2.75) is 38.5 Å². The molecule has 0 unspecified atom stereocenters. The molecule has 0 saturated carbocycles. The summed E-state index contributed by atoms with van der Waals surface area (Å²) in [7, 11) is 3.48. The van der Waals surface area contributed by atoms with Gasteiger partial charge in [0.05, 0.1) is 5.56 Å². The third-order valence-electron chi connectivity index (χ3n) is 5.04. The van der Waals surface area contributed by atoms with Gasteiger partial charge >= 0.3 is 6.03 Å². The van der Waals surface area contributed by atoms with Crippen LogP contribution < -0.4 is 5.32 Å². The lowest BCUT2D eigenvalue weighted by atomic mass is 9.95. The Balaban J connectivity index is 1.63. The molecule has 0 bridgehead atoms. The van der Waals surface area contributed by atoms with Gasteiger partial charge in [-0.05, 0) is 44.1 Å². The van der Waals surface area contributed by atoms with Crippen LogP contribution in [0, 0.1) is 17.2 Å². The first-order chi connectivity index (χ1) is 12.0. The number of nitrogens with one attached hydrogen (secondary N) is 1. The maximum atomic E-state index is 12.6. The standard InChI is InChI=1S/C18H24N4O2S/c1-21(2)18(24)22-9-7-12(8-10-22)16(23)20-17-14(11-19)13-5-3-4-6-15(13)25-17/h12H,3-10H2,1-2H3,(H,20,23). The summed E-state index contributed by atoms with van der Waals surface area (Å²) in [6.45, 7) is 1.20. The van der Waals surface area contributed by atoms with Gasteiger partial charge in [-0.1, -0.05) is 0 Å². The smallest absolute Gasteiger partial charge is 0.319 e. The number of carbonyl (C=O) groups excluding carboxylic acids is 2. The van der Waals surface area contributed by atoms with Gasteiger partial charge in [-0.2, -0.15) is 5.26 Å². The van der Waals surface area contributed by atoms with Gasteiger partial charge in [0.25, 0.3) is 0 Å². The summed E-state index contributed by atoms with van der Waals surface area (Å²) >= 11 is 1.56. The molecule has 1 N–H and O–H groups in total. The number of nitriles is 1. The molecule has 6 nitrogen and oxygen atoms in total. The minimum atomic E-state index is -0.100. The van der Waals surface area contributed by atoms with E-state index in [1.54, 1.807) is 35.2 Å². The van der Waals surface area contributed by atoms with Crippen molar-refractivity contribution in [3.63, 3.8) is 0 Å². The second-order valence-electron chi connectivity index (χ2n) is 6.95. The van der Waals surface area contributed by atoms with Crippen LogP contribution in [0.2, 0.25) is 0 Å². The zero-order valence-electron chi connectivity index (χ0n) is 14.8. The van der Waals surface area contributed by atoms with E-state index in [9.17, 15) is 14.9 Å². The zero-order valence-corrected chi connectivity index (χ0v) is 15.6. The second-order valence-corrected chi connectivity index (χ2v) is 8.06. The van der Waals surface area contributed by atoms with Crippen LogP contribution >= 0.6 is 11.3 Å². The number of fused-ring (bicyclic) bond motifs is 1. The molecule has 134 valence electrons. The maximum absolute atomic E-state index is 12.6. The monoisotopic (exact) mass is 360 g/mol. The van der Waals surface area contributed by atoms with E-state index in [2.05, 4.69) is 11.4 Å². The highest BCUT2D eigenvalue weighted by atomic mass is 32.1. The molecule has 3 rings (SSSR count). The van der Waals surface area contributed by atoms with E-state index in [0.29, 0.717) is 36.5 Å². The lowest BCUT2D eigenvalue weighted by Gasteiger charge is -2.32. The van der Waals surface area contributed by atoms with Crippen LogP contribution in [0.1, 0.15) is 41.7 Å². The summed E-state index contributed by atoms with van der Waals surface area (Å²) in [6, 6.07) is 2.28. The van der Waals surface area contributed by atoms with Crippen molar-refractivity contribution in [2.75, 3.05) is 32.5 Å². The first-order valence-electron chi connectivity index (χ1n) is 8.83. The quantitative estimate of drug-likeness (QED) is 0.881. The van der Waals surface area contributed by atoms with Gasteiger partial charge in [-0.3, -0.25) is 4.79 Å². The molecule has 25 heavy (non-hydrogen) atoms. The van der Waals surface area contributed by atoms with E-state index < -0.39 is 0 Å². The maximum Gasteiger partial charge on any atom is 0.319 e. The van der Waals surface area contributed by atoms with Gasteiger partial charge in [0.15, 0.2) is 0 Å². The molecule has 0 atom stereocenters. The fourth-order valence-electron chi connectivity index (χ4n) is 3.60. The zero-order chi connectivity index (χ0) is 18.0. The van der Waals surface area contributed by atoms with Crippen LogP contribution in [-0.4, -0.2) is 48.9 Å². The summed E-state index contributed by atoms with van der Waals surface area (Å²) in [4.78, 5) is 29.2. The molecule has 7 heteroatoms. The molecule has 1 fully saturated rings. The van der Waals surface area contributed by atoms with E-state index >= 15 is 0 Å². The van der Waals surface area contributed by atoms with E-state index in [1.807, 2.05) is 0 Å². The number of aryl methyl sites for hydroxylation is 1. The van der Waals surface area contributed by atoms with Crippen LogP contribution in [0.3, 0.4) is 0 Å². The van der Waals surface area contributed by atoms with Crippen LogP contribution in [-0.2, 0) is 17.6 Å². The molecular formula is C18H24N4O2S. The molecule has 1 aliphatic heterocycles. The third kappa shape index (κ3) is 3.64. The van der Waals surface area contributed by atoms with Crippen molar-refractivity contribution < 1.29 is 9.59 Å². The van der Waals surface area contributed by atoms with Crippen LogP contribution in [0.5, 0.6) is 0 Å². The Labute approximate surface area is 152 Å². The number of amides is 3. The topological polar surface area (TPSA) is 76.4 Å². The number of thiophene rings is 1. The molecule has 1 saturated heterocycles. The molecule has 0 spiro atoms. The Kier molecular flexibility index (Phi) is 5.28. The van der Waals surface area contributed by atoms with Crippen molar-refractivity contribution >= 4 is 28.3 Å². The number of nitrogens with zero attached hydrogens (tertiary/aromatic N) is 3. The number of carbonyl (C=O) groups is 2. The SMILES string of the molecule is CN(C)C(=O)N1CCC(C(=O)Nc2sc3c(c2C#N)CCCC3)CC1. The average molecular weight is 360 g/mol. The summed E-state index contributed by atoms with van der Waals surface area (Å²) in [5.41, 5.74) is 1.80.